The summed E-state index contributed by atoms with van der Waals surface area (Å²) in [6, 6.07) is 0. The summed E-state index contributed by atoms with van der Waals surface area (Å²) in [7, 11) is 0. The minimum absolute atomic E-state index is 0.119. The van der Waals surface area contributed by atoms with Crippen molar-refractivity contribution in [2.24, 2.45) is 0 Å². The van der Waals surface area contributed by atoms with E-state index in [0.29, 0.717) is 43.3 Å². The van der Waals surface area contributed by atoms with Gasteiger partial charge in [0.15, 0.2) is 11.5 Å². The molecule has 2 N–H and O–H groups in total. The highest BCUT2D eigenvalue weighted by Crippen LogP contribution is 2.53. The molecular weight excluding hydrogens is 488 g/mol. The van der Waals surface area contributed by atoms with E-state index in [-0.39, 0.29) is 17.2 Å². The van der Waals surface area contributed by atoms with Gasteiger partial charge in [-0.25, -0.2) is 0 Å². The zero-order valence-electron chi connectivity index (χ0n) is 26.1. The Hall–Kier alpha value is -1.78. The van der Waals surface area contributed by atoms with Crippen LogP contribution in [0.15, 0.2) is 0 Å². The van der Waals surface area contributed by atoms with Crippen LogP contribution in [0.3, 0.4) is 0 Å². The Balaban J connectivity index is 3.04. The molecule has 0 radical (unpaired) electrons. The number of hydrogen-bond donors (Lipinski definition) is 2. The molecule has 39 heavy (non-hydrogen) atoms. The molecule has 228 valence electrons. The molecule has 5 heteroatoms. The van der Waals surface area contributed by atoms with Gasteiger partial charge in [-0.05, 0) is 32.1 Å². The van der Waals surface area contributed by atoms with E-state index in [2.05, 4.69) is 27.7 Å². The molecule has 0 amide bonds. The second-order valence-corrected chi connectivity index (χ2v) is 11.1. The Morgan fingerprint density at radius 2 is 0.744 bits per heavy atom. The van der Waals surface area contributed by atoms with Crippen molar-refractivity contribution in [3.05, 3.63) is 5.56 Å². The predicted molar refractivity (Wildman–Crippen MR) is 165 cm³/mol. The summed E-state index contributed by atoms with van der Waals surface area (Å²) in [6.07, 6.45) is 23.6. The zero-order chi connectivity index (χ0) is 28.6. The van der Waals surface area contributed by atoms with Gasteiger partial charge < -0.3 is 24.4 Å². The summed E-state index contributed by atoms with van der Waals surface area (Å²) in [5.74, 6) is 0.951. The maximum atomic E-state index is 11.0. The molecule has 0 saturated carbocycles. The second kappa shape index (κ2) is 24.1. The van der Waals surface area contributed by atoms with Gasteiger partial charge in [0, 0.05) is 5.56 Å². The summed E-state index contributed by atoms with van der Waals surface area (Å²) < 4.78 is 18.8. The molecule has 0 aliphatic heterocycles. The number of aromatic hydroxyl groups is 2. The Morgan fingerprint density at radius 1 is 0.385 bits per heavy atom. The molecule has 0 atom stereocenters. The first kappa shape index (κ1) is 35.2. The first-order valence-corrected chi connectivity index (χ1v) is 16.6. The first-order chi connectivity index (χ1) is 19.1. The van der Waals surface area contributed by atoms with Crippen LogP contribution in [0.1, 0.15) is 162 Å². The number of phenols is 2. The number of hydrogen-bond acceptors (Lipinski definition) is 5. The minimum atomic E-state index is -0.211. The Morgan fingerprint density at radius 3 is 1.18 bits per heavy atom. The van der Waals surface area contributed by atoms with E-state index in [1.54, 1.807) is 0 Å². The minimum Gasteiger partial charge on any atom is -0.504 e. The number of ether oxygens (including phenoxy) is 3. The second-order valence-electron chi connectivity index (χ2n) is 11.1. The van der Waals surface area contributed by atoms with Crippen molar-refractivity contribution in [3.8, 4) is 28.7 Å². The fraction of sp³-hybridized carbons (Fsp3) is 0.824. The summed E-state index contributed by atoms with van der Waals surface area (Å²) in [6.45, 7) is 10.4. The highest BCUT2D eigenvalue weighted by atomic mass is 16.5. The van der Waals surface area contributed by atoms with Crippen LogP contribution in [0, 0.1) is 0 Å². The van der Waals surface area contributed by atoms with Crippen LogP contribution >= 0.6 is 0 Å². The third-order valence-corrected chi connectivity index (χ3v) is 7.42. The van der Waals surface area contributed by atoms with Crippen molar-refractivity contribution < 1.29 is 24.4 Å². The molecule has 0 bridgehead atoms. The van der Waals surface area contributed by atoms with Crippen LogP contribution < -0.4 is 14.2 Å². The molecule has 0 aromatic heterocycles. The van der Waals surface area contributed by atoms with Gasteiger partial charge in [-0.3, -0.25) is 0 Å². The van der Waals surface area contributed by atoms with Gasteiger partial charge in [-0.15, -0.1) is 0 Å². The van der Waals surface area contributed by atoms with E-state index >= 15 is 0 Å². The lowest BCUT2D eigenvalue weighted by Gasteiger charge is -2.22. The maximum absolute atomic E-state index is 11.0. The van der Waals surface area contributed by atoms with Gasteiger partial charge in [-0.1, -0.05) is 130 Å². The molecule has 0 unspecified atom stereocenters. The third-order valence-electron chi connectivity index (χ3n) is 7.42. The van der Waals surface area contributed by atoms with Crippen molar-refractivity contribution in [3.63, 3.8) is 0 Å². The van der Waals surface area contributed by atoms with Crippen molar-refractivity contribution in [1.29, 1.82) is 0 Å². The van der Waals surface area contributed by atoms with Crippen LogP contribution in [0.2, 0.25) is 0 Å². The fourth-order valence-electron chi connectivity index (χ4n) is 4.88. The fourth-order valence-corrected chi connectivity index (χ4v) is 4.88. The zero-order valence-corrected chi connectivity index (χ0v) is 26.1. The Labute approximate surface area is 241 Å². The first-order valence-electron chi connectivity index (χ1n) is 16.6. The van der Waals surface area contributed by atoms with Gasteiger partial charge in [-0.2, -0.15) is 0 Å². The van der Waals surface area contributed by atoms with Gasteiger partial charge in [0.2, 0.25) is 17.2 Å². The molecule has 1 rings (SSSR count). The number of benzene rings is 1. The van der Waals surface area contributed by atoms with Crippen molar-refractivity contribution in [2.45, 2.75) is 163 Å². The van der Waals surface area contributed by atoms with E-state index in [0.717, 1.165) is 51.4 Å². The van der Waals surface area contributed by atoms with E-state index in [1.165, 1.54) is 77.0 Å². The Kier molecular flexibility index (Phi) is 21.7. The highest BCUT2D eigenvalue weighted by molar-refractivity contribution is 5.69. The standard InChI is InChI=1S/C34H62O5/c1-5-9-13-16-19-22-26-37-32-29(25-12-8-4)30(35)31(36)33(38-27-23-20-17-14-10-6-2)34(32)39-28-24-21-18-15-11-7-3/h35-36H,5-28H2,1-4H3. The van der Waals surface area contributed by atoms with Gasteiger partial charge in [0.25, 0.3) is 0 Å². The molecule has 1 aromatic carbocycles. The summed E-state index contributed by atoms with van der Waals surface area (Å²) >= 11 is 0. The molecule has 1 aromatic rings. The highest BCUT2D eigenvalue weighted by Gasteiger charge is 2.27. The predicted octanol–water partition coefficient (Wildman–Crippen LogP) is 10.7. The SMILES string of the molecule is CCCCCCCCOc1c(O)c(O)c(CCCC)c(OCCCCCCCC)c1OCCCCCCCC. The van der Waals surface area contributed by atoms with E-state index in [9.17, 15) is 10.2 Å². The van der Waals surface area contributed by atoms with Crippen molar-refractivity contribution in [1.82, 2.24) is 0 Å². The number of phenolic OH excluding ortho intramolecular Hbond substituents is 2. The number of unbranched alkanes of at least 4 members (excludes halogenated alkanes) is 16. The lowest BCUT2D eigenvalue weighted by molar-refractivity contribution is 0.222. The van der Waals surface area contributed by atoms with Crippen molar-refractivity contribution in [2.75, 3.05) is 19.8 Å². The van der Waals surface area contributed by atoms with E-state index in [4.69, 9.17) is 14.2 Å². The molecule has 0 saturated heterocycles. The van der Waals surface area contributed by atoms with Gasteiger partial charge >= 0.3 is 0 Å². The average Bonchev–Trinajstić information content (AvgIpc) is 2.94. The van der Waals surface area contributed by atoms with E-state index in [1.807, 2.05) is 0 Å². The molecule has 0 heterocycles. The quantitative estimate of drug-likeness (QED) is 0.0842. The summed E-state index contributed by atoms with van der Waals surface area (Å²) in [5.41, 5.74) is 0.644. The van der Waals surface area contributed by atoms with Crippen LogP contribution in [-0.2, 0) is 6.42 Å². The molecule has 5 nitrogen and oxygen atoms in total. The summed E-state index contributed by atoms with van der Waals surface area (Å²) in [4.78, 5) is 0. The number of rotatable bonds is 27. The normalized spacial score (nSPS) is 11.2. The smallest absolute Gasteiger partial charge is 0.211 e. The molecule has 0 aliphatic rings. The van der Waals surface area contributed by atoms with Gasteiger partial charge in [0.1, 0.15) is 0 Å². The monoisotopic (exact) mass is 550 g/mol. The topological polar surface area (TPSA) is 68.2 Å². The lowest BCUT2D eigenvalue weighted by Crippen LogP contribution is -2.09. The van der Waals surface area contributed by atoms with Crippen LogP contribution in [-0.4, -0.2) is 30.0 Å². The van der Waals surface area contributed by atoms with Gasteiger partial charge in [0.05, 0.1) is 19.8 Å². The largest absolute Gasteiger partial charge is 0.504 e. The third kappa shape index (κ3) is 15.0. The molecule has 0 aliphatic carbocycles. The molecular formula is C34H62O5. The van der Waals surface area contributed by atoms with Crippen LogP contribution in [0.5, 0.6) is 28.7 Å². The van der Waals surface area contributed by atoms with Crippen molar-refractivity contribution >= 4 is 0 Å². The van der Waals surface area contributed by atoms with Crippen LogP contribution in [0.25, 0.3) is 0 Å². The van der Waals surface area contributed by atoms with E-state index < -0.39 is 0 Å². The average molecular weight is 551 g/mol. The Bertz CT molecular complexity index is 718. The van der Waals surface area contributed by atoms with Crippen LogP contribution in [0.4, 0.5) is 0 Å². The summed E-state index contributed by atoms with van der Waals surface area (Å²) in [5, 5.41) is 22.1. The maximum Gasteiger partial charge on any atom is 0.211 e. The molecule has 0 fully saturated rings. The molecule has 0 spiro atoms. The lowest BCUT2D eigenvalue weighted by atomic mass is 10.0.